The minimum Gasteiger partial charge on any atom is -0.341 e. The Morgan fingerprint density at radius 3 is 2.00 bits per heavy atom. The number of nitriles is 1. The Balaban J connectivity index is 0.000000188. The molecule has 5 heteroatoms. The highest BCUT2D eigenvalue weighted by Crippen LogP contribution is 2.28. The number of ketones is 1. The number of anilines is 1. The van der Waals surface area contributed by atoms with E-state index >= 15 is 0 Å². The molecule has 0 aliphatic rings. The van der Waals surface area contributed by atoms with E-state index in [1.54, 1.807) is 24.3 Å². The van der Waals surface area contributed by atoms with Crippen molar-refractivity contribution in [2.75, 3.05) is 5.32 Å². The van der Waals surface area contributed by atoms with Gasteiger partial charge in [0.1, 0.15) is 11.9 Å². The topological polar surface area (TPSA) is 74.9 Å². The minimum atomic E-state index is -0.175. The van der Waals surface area contributed by atoms with Crippen molar-refractivity contribution in [1.29, 1.82) is 5.26 Å². The van der Waals surface area contributed by atoms with E-state index in [9.17, 15) is 9.59 Å². The molecule has 0 aliphatic carbocycles. The van der Waals surface area contributed by atoms with Crippen molar-refractivity contribution in [3.63, 3.8) is 0 Å². The molecule has 0 bridgehead atoms. The van der Waals surface area contributed by atoms with Crippen LogP contribution >= 0.6 is 0 Å². The summed E-state index contributed by atoms with van der Waals surface area (Å²) in [5.41, 5.74) is 3.62. The van der Waals surface area contributed by atoms with Crippen LogP contribution in [0.2, 0.25) is 0 Å². The lowest BCUT2D eigenvalue weighted by Crippen LogP contribution is -2.17. The molecule has 0 radical (unpaired) electrons. The lowest BCUT2D eigenvalue weighted by molar-refractivity contribution is -0.119. The standard InChI is InChI=1S/C14H16N2O2.C14H13N/c1-10(7-11(2)17)8-14(18)16-13-6-4-3-5-12(13)9-15;1-2-15-13-9-5-3-7-11(13)12-8-4-6-10-14(12)15/h3-6,10H,7-8H2,1-2H3,(H,16,18);3-10H,2H2,1H3. The van der Waals surface area contributed by atoms with Crippen molar-refractivity contribution < 1.29 is 9.59 Å². The lowest BCUT2D eigenvalue weighted by atomic mass is 10.0. The minimum absolute atomic E-state index is 0.0109. The highest BCUT2D eigenvalue weighted by atomic mass is 16.1. The van der Waals surface area contributed by atoms with Crippen molar-refractivity contribution >= 4 is 39.2 Å². The lowest BCUT2D eigenvalue weighted by Gasteiger charge is -2.10. The summed E-state index contributed by atoms with van der Waals surface area (Å²) in [7, 11) is 0. The molecule has 1 amide bonds. The van der Waals surface area contributed by atoms with Crippen LogP contribution in [-0.4, -0.2) is 16.3 Å². The average molecular weight is 440 g/mol. The van der Waals surface area contributed by atoms with Gasteiger partial charge in [0.25, 0.3) is 0 Å². The molecule has 0 fully saturated rings. The van der Waals surface area contributed by atoms with Gasteiger partial charge in [0.05, 0.1) is 11.3 Å². The Labute approximate surface area is 194 Å². The Morgan fingerprint density at radius 2 is 1.45 bits per heavy atom. The molecule has 1 N–H and O–H groups in total. The zero-order valence-corrected chi connectivity index (χ0v) is 19.3. The van der Waals surface area contributed by atoms with Crippen molar-refractivity contribution in [1.82, 2.24) is 4.57 Å². The van der Waals surface area contributed by atoms with Crippen molar-refractivity contribution in [3.8, 4) is 6.07 Å². The fourth-order valence-corrected chi connectivity index (χ4v) is 4.11. The van der Waals surface area contributed by atoms with Crippen LogP contribution in [0.4, 0.5) is 5.69 Å². The van der Waals surface area contributed by atoms with E-state index in [1.807, 2.05) is 13.0 Å². The van der Waals surface area contributed by atoms with Gasteiger partial charge in [0.15, 0.2) is 0 Å². The molecule has 0 saturated carbocycles. The second kappa shape index (κ2) is 11.1. The van der Waals surface area contributed by atoms with E-state index in [2.05, 4.69) is 65.3 Å². The molecule has 168 valence electrons. The van der Waals surface area contributed by atoms with Crippen LogP contribution in [-0.2, 0) is 16.1 Å². The number of para-hydroxylation sites is 3. The molecule has 4 aromatic rings. The fourth-order valence-electron chi connectivity index (χ4n) is 4.11. The normalized spacial score (nSPS) is 11.3. The first kappa shape index (κ1) is 23.7. The summed E-state index contributed by atoms with van der Waals surface area (Å²) in [6.45, 7) is 6.59. The van der Waals surface area contributed by atoms with Gasteiger partial charge < -0.3 is 14.7 Å². The van der Waals surface area contributed by atoms with Crippen LogP contribution < -0.4 is 5.32 Å². The summed E-state index contributed by atoms with van der Waals surface area (Å²) in [6.07, 6.45) is 0.673. The van der Waals surface area contributed by atoms with E-state index in [0.717, 1.165) is 6.54 Å². The number of amides is 1. The van der Waals surface area contributed by atoms with Crippen LogP contribution in [0.15, 0.2) is 72.8 Å². The maximum absolute atomic E-state index is 11.7. The number of nitrogens with one attached hydrogen (secondary N) is 1. The van der Waals surface area contributed by atoms with Gasteiger partial charge in [-0.15, -0.1) is 0 Å². The molecule has 0 spiro atoms. The Kier molecular flexibility index (Phi) is 7.99. The van der Waals surface area contributed by atoms with Gasteiger partial charge in [-0.3, -0.25) is 4.79 Å². The third-order valence-corrected chi connectivity index (χ3v) is 5.49. The fraction of sp³-hybridized carbons (Fsp3) is 0.250. The van der Waals surface area contributed by atoms with Crippen molar-refractivity contribution in [3.05, 3.63) is 78.4 Å². The predicted octanol–water partition coefficient (Wildman–Crippen LogP) is 6.32. The van der Waals surface area contributed by atoms with E-state index in [-0.39, 0.29) is 24.0 Å². The number of benzene rings is 3. The molecule has 1 aromatic heterocycles. The predicted molar refractivity (Wildman–Crippen MR) is 134 cm³/mol. The molecule has 1 unspecified atom stereocenters. The first-order chi connectivity index (χ1) is 15.9. The smallest absolute Gasteiger partial charge is 0.224 e. The van der Waals surface area contributed by atoms with Crippen LogP contribution in [0.3, 0.4) is 0 Å². The van der Waals surface area contributed by atoms with E-state index in [4.69, 9.17) is 5.26 Å². The molecule has 3 aromatic carbocycles. The Hall–Kier alpha value is -3.91. The van der Waals surface area contributed by atoms with Crippen LogP contribution in [0.1, 0.15) is 39.2 Å². The number of carbonyl (C=O) groups excluding carboxylic acids is 2. The highest BCUT2D eigenvalue weighted by molar-refractivity contribution is 6.07. The average Bonchev–Trinajstić information content (AvgIpc) is 3.13. The number of aromatic nitrogens is 1. The highest BCUT2D eigenvalue weighted by Gasteiger charge is 2.12. The van der Waals surface area contributed by atoms with Gasteiger partial charge in [0.2, 0.25) is 5.91 Å². The number of nitrogens with zero attached hydrogens (tertiary/aromatic N) is 2. The number of aryl methyl sites for hydroxylation is 1. The summed E-state index contributed by atoms with van der Waals surface area (Å²) >= 11 is 0. The second-order valence-electron chi connectivity index (χ2n) is 8.20. The second-order valence-corrected chi connectivity index (χ2v) is 8.20. The zero-order valence-electron chi connectivity index (χ0n) is 19.3. The third kappa shape index (κ3) is 5.87. The number of hydrogen-bond acceptors (Lipinski definition) is 3. The number of fused-ring (bicyclic) bond motifs is 3. The maximum atomic E-state index is 11.7. The third-order valence-electron chi connectivity index (χ3n) is 5.49. The monoisotopic (exact) mass is 439 g/mol. The molecule has 1 heterocycles. The van der Waals surface area contributed by atoms with Crippen molar-refractivity contribution in [2.24, 2.45) is 5.92 Å². The Bertz CT molecular complexity index is 1260. The van der Waals surface area contributed by atoms with E-state index in [0.29, 0.717) is 17.7 Å². The quantitative estimate of drug-likeness (QED) is 0.382. The molecule has 33 heavy (non-hydrogen) atoms. The summed E-state index contributed by atoms with van der Waals surface area (Å²) in [4.78, 5) is 22.7. The summed E-state index contributed by atoms with van der Waals surface area (Å²) in [5.74, 6) is -0.0871. The molecule has 0 aliphatic heterocycles. The summed E-state index contributed by atoms with van der Waals surface area (Å²) < 4.78 is 2.37. The molecular weight excluding hydrogens is 410 g/mol. The van der Waals surface area contributed by atoms with E-state index in [1.165, 1.54) is 28.7 Å². The van der Waals surface area contributed by atoms with Crippen molar-refractivity contribution in [2.45, 2.75) is 40.2 Å². The van der Waals surface area contributed by atoms with Gasteiger partial charge >= 0.3 is 0 Å². The van der Waals surface area contributed by atoms with Gasteiger partial charge in [-0.1, -0.05) is 55.5 Å². The molecular formula is C28H29N3O2. The van der Waals surface area contributed by atoms with Crippen LogP contribution in [0, 0.1) is 17.2 Å². The molecule has 0 saturated heterocycles. The first-order valence-corrected chi connectivity index (χ1v) is 11.2. The summed E-state index contributed by atoms with van der Waals surface area (Å²) in [5, 5.41) is 14.3. The van der Waals surface area contributed by atoms with Gasteiger partial charge in [0, 0.05) is 41.2 Å². The summed E-state index contributed by atoms with van der Waals surface area (Å²) in [6, 6.07) is 26.1. The SMILES string of the molecule is CC(=O)CC(C)CC(=O)Nc1ccccc1C#N.CCn1c2ccccc2c2ccccc21. The Morgan fingerprint density at radius 1 is 0.909 bits per heavy atom. The van der Waals surface area contributed by atoms with Gasteiger partial charge in [-0.2, -0.15) is 5.26 Å². The molecule has 1 atom stereocenters. The first-order valence-electron chi connectivity index (χ1n) is 11.2. The molecule has 4 rings (SSSR count). The van der Waals surface area contributed by atoms with Crippen LogP contribution in [0.5, 0.6) is 0 Å². The van der Waals surface area contributed by atoms with E-state index < -0.39 is 0 Å². The number of Topliss-reactive ketones (excluding diaryl/α,β-unsaturated/α-hetero) is 1. The number of hydrogen-bond donors (Lipinski definition) is 1. The van der Waals surface area contributed by atoms with Gasteiger partial charge in [-0.05, 0) is 44.0 Å². The number of carbonyl (C=O) groups is 2. The maximum Gasteiger partial charge on any atom is 0.224 e. The number of rotatable bonds is 6. The zero-order chi connectivity index (χ0) is 23.8. The van der Waals surface area contributed by atoms with Crippen LogP contribution in [0.25, 0.3) is 21.8 Å². The molecule has 5 nitrogen and oxygen atoms in total. The van der Waals surface area contributed by atoms with Gasteiger partial charge in [-0.25, -0.2) is 0 Å². The largest absolute Gasteiger partial charge is 0.341 e.